The molecule has 0 saturated carbocycles. The van der Waals surface area contributed by atoms with Crippen LogP contribution in [0.4, 0.5) is 5.69 Å². The average Bonchev–Trinajstić information content (AvgIpc) is 3.61. The van der Waals surface area contributed by atoms with E-state index in [1.165, 1.54) is 0 Å². The van der Waals surface area contributed by atoms with E-state index in [1.54, 1.807) is 13.3 Å². The summed E-state index contributed by atoms with van der Waals surface area (Å²) in [6.07, 6.45) is 8.59. The fraction of sp³-hybridized carbons (Fsp3) is 0.438. The van der Waals surface area contributed by atoms with Crippen LogP contribution in [0.1, 0.15) is 43.4 Å². The molecule has 10 nitrogen and oxygen atoms in total. The average molecular weight is 576 g/mol. The fourth-order valence-electron chi connectivity index (χ4n) is 6.10. The van der Waals surface area contributed by atoms with Crippen LogP contribution in [-0.2, 0) is 23.1 Å². The van der Waals surface area contributed by atoms with Crippen molar-refractivity contribution in [2.75, 3.05) is 38.4 Å². The number of unbranched alkanes of at least 4 members (excludes halogenated alkanes) is 1. The first-order valence-electron chi connectivity index (χ1n) is 14.5. The second-order valence-electron chi connectivity index (χ2n) is 10.9. The highest BCUT2D eigenvalue weighted by Gasteiger charge is 2.47. The van der Waals surface area contributed by atoms with Gasteiger partial charge in [0.15, 0.2) is 23.9 Å². The molecule has 0 bridgehead atoms. The molecule has 0 radical (unpaired) electrons. The lowest BCUT2D eigenvalue weighted by molar-refractivity contribution is -0.670. The molecule has 42 heavy (non-hydrogen) atoms. The minimum Gasteiger partial charge on any atom is -0.493 e. The number of ether oxygens (including phenoxy) is 3. The molecule has 0 unspecified atom stereocenters. The summed E-state index contributed by atoms with van der Waals surface area (Å²) in [6, 6.07) is 12.9. The number of pyridine rings is 2. The van der Waals surface area contributed by atoms with Crippen molar-refractivity contribution in [1.82, 2.24) is 9.88 Å². The third-order valence-corrected chi connectivity index (χ3v) is 8.18. The monoisotopic (exact) mass is 575 g/mol. The molecule has 3 aromatic rings. The lowest BCUT2D eigenvalue weighted by Crippen LogP contribution is -2.45. The number of aryl methyl sites for hydroxylation is 2. The maximum absolute atomic E-state index is 14.0. The summed E-state index contributed by atoms with van der Waals surface area (Å²) in [5.74, 6) is -0.507. The molecule has 1 N–H and O–H groups in total. The minimum absolute atomic E-state index is 0.0504. The smallest absolute Gasteiger partial charge is 0.308 e. The highest BCUT2D eigenvalue weighted by molar-refractivity contribution is 5.94. The molecule has 1 amide bonds. The van der Waals surface area contributed by atoms with E-state index < -0.39 is 11.9 Å². The van der Waals surface area contributed by atoms with E-state index in [-0.39, 0.29) is 31.2 Å². The molecule has 2 aliphatic heterocycles. The van der Waals surface area contributed by atoms with Gasteiger partial charge in [-0.2, -0.15) is 0 Å². The normalized spacial score (nSPS) is 19.5. The number of nitrogens with zero attached hydrogens (tertiary/aromatic N) is 4. The molecule has 4 heterocycles. The van der Waals surface area contributed by atoms with Crippen LogP contribution in [0.2, 0.25) is 0 Å². The Morgan fingerprint density at radius 1 is 1.21 bits per heavy atom. The number of carboxylic acid groups (broad SMARTS) is 1. The van der Waals surface area contributed by atoms with Crippen molar-refractivity contribution in [2.45, 2.75) is 44.6 Å². The molecule has 2 aromatic heterocycles. The van der Waals surface area contributed by atoms with E-state index in [0.717, 1.165) is 29.8 Å². The Morgan fingerprint density at radius 2 is 2.07 bits per heavy atom. The van der Waals surface area contributed by atoms with Crippen molar-refractivity contribution in [3.05, 3.63) is 72.3 Å². The summed E-state index contributed by atoms with van der Waals surface area (Å²) in [5.41, 5.74) is 2.51. The summed E-state index contributed by atoms with van der Waals surface area (Å²) < 4.78 is 18.7. The van der Waals surface area contributed by atoms with Gasteiger partial charge < -0.3 is 24.2 Å². The predicted octanol–water partition coefficient (Wildman–Crippen LogP) is 3.58. The van der Waals surface area contributed by atoms with Crippen molar-refractivity contribution in [1.29, 1.82) is 0 Å². The molecule has 1 fully saturated rings. The Morgan fingerprint density at radius 3 is 2.79 bits per heavy atom. The number of benzene rings is 1. The number of hydrogen-bond acceptors (Lipinski definition) is 7. The molecule has 3 atom stereocenters. The third kappa shape index (κ3) is 6.33. The number of likely N-dealkylation sites (tertiary alicyclic amines) is 1. The molecule has 222 valence electrons. The van der Waals surface area contributed by atoms with Crippen LogP contribution in [0.3, 0.4) is 0 Å². The summed E-state index contributed by atoms with van der Waals surface area (Å²) >= 11 is 0. The standard InChI is InChI=1S/C32H38N4O6/c1-4-5-15-36(24-10-8-14-34(2)18-24)29(37)20-35-19-25(22-16-27(40-3)31-28(17-22)41-21-42-31)30(32(38)39)26(35)12-11-23-9-6-7-13-33-23/h6-10,13-14,16-18,25-26,30H,4-5,11-12,15,19-21H2,1-3H3/p+1/t25-,26+,30-/m1/s1. The summed E-state index contributed by atoms with van der Waals surface area (Å²) in [5, 5.41) is 10.6. The van der Waals surface area contributed by atoms with Gasteiger partial charge >= 0.3 is 5.97 Å². The third-order valence-electron chi connectivity index (χ3n) is 8.18. The molecular weight excluding hydrogens is 536 g/mol. The van der Waals surface area contributed by atoms with Crippen molar-refractivity contribution in [3.63, 3.8) is 0 Å². The Kier molecular flexibility index (Phi) is 9.22. The zero-order valence-corrected chi connectivity index (χ0v) is 24.4. The summed E-state index contributed by atoms with van der Waals surface area (Å²) in [6.45, 7) is 3.29. The lowest BCUT2D eigenvalue weighted by atomic mass is 9.83. The quantitative estimate of drug-likeness (QED) is 0.327. The van der Waals surface area contributed by atoms with Crippen molar-refractivity contribution in [2.24, 2.45) is 13.0 Å². The van der Waals surface area contributed by atoms with Crippen LogP contribution in [0.5, 0.6) is 17.2 Å². The first kappa shape index (κ1) is 29.3. The van der Waals surface area contributed by atoms with E-state index in [2.05, 4.69) is 11.9 Å². The Hall–Kier alpha value is -4.18. The number of aliphatic carboxylic acids is 1. The first-order valence-corrected chi connectivity index (χ1v) is 14.5. The number of methoxy groups -OCH3 is 1. The highest BCUT2D eigenvalue weighted by atomic mass is 16.7. The first-order chi connectivity index (χ1) is 20.4. The number of carboxylic acids is 1. The summed E-state index contributed by atoms with van der Waals surface area (Å²) in [7, 11) is 3.49. The maximum atomic E-state index is 14.0. The van der Waals surface area contributed by atoms with Crippen LogP contribution < -0.4 is 23.7 Å². The van der Waals surface area contributed by atoms with Crippen LogP contribution in [0, 0.1) is 5.92 Å². The van der Waals surface area contributed by atoms with Gasteiger partial charge in [-0.3, -0.25) is 19.5 Å². The van der Waals surface area contributed by atoms with Gasteiger partial charge in [-0.25, -0.2) is 4.57 Å². The van der Waals surface area contributed by atoms with Crippen LogP contribution in [-0.4, -0.2) is 66.4 Å². The maximum Gasteiger partial charge on any atom is 0.308 e. The van der Waals surface area contributed by atoms with E-state index in [0.29, 0.717) is 43.2 Å². The Bertz CT molecular complexity index is 1400. The number of carbonyl (C=O) groups is 2. The van der Waals surface area contributed by atoms with E-state index in [1.807, 2.05) is 76.3 Å². The molecule has 10 heteroatoms. The number of hydrogen-bond donors (Lipinski definition) is 1. The Balaban J connectivity index is 1.47. The summed E-state index contributed by atoms with van der Waals surface area (Å²) in [4.78, 5) is 35.2. The number of aromatic nitrogens is 2. The lowest BCUT2D eigenvalue weighted by Gasteiger charge is -2.29. The second-order valence-corrected chi connectivity index (χ2v) is 10.9. The topological polar surface area (TPSA) is 105 Å². The number of rotatable bonds is 12. The van der Waals surface area contributed by atoms with Gasteiger partial charge in [0.2, 0.25) is 18.4 Å². The fourth-order valence-corrected chi connectivity index (χ4v) is 6.10. The molecule has 0 spiro atoms. The van der Waals surface area contributed by atoms with Gasteiger partial charge in [0.25, 0.3) is 0 Å². The van der Waals surface area contributed by atoms with Crippen molar-refractivity contribution >= 4 is 17.6 Å². The highest BCUT2D eigenvalue weighted by Crippen LogP contribution is 2.47. The SMILES string of the molecule is CCCCN(C(=O)CN1C[C@H](c2cc(OC)c3c(c2)OCO3)[C@@H](C(=O)O)[C@@H]1CCc1ccccn1)c1ccc[n+](C)c1. The number of carbonyl (C=O) groups excluding carboxylic acids is 1. The van der Waals surface area contributed by atoms with Gasteiger partial charge in [0.05, 0.1) is 19.6 Å². The zero-order valence-electron chi connectivity index (χ0n) is 24.4. The zero-order chi connectivity index (χ0) is 29.6. The van der Waals surface area contributed by atoms with Gasteiger partial charge in [-0.15, -0.1) is 0 Å². The van der Waals surface area contributed by atoms with Gasteiger partial charge in [-0.05, 0) is 55.2 Å². The molecule has 1 saturated heterocycles. The van der Waals surface area contributed by atoms with Crippen molar-refractivity contribution < 1.29 is 33.5 Å². The van der Waals surface area contributed by atoms with Crippen LogP contribution in [0.25, 0.3) is 0 Å². The van der Waals surface area contributed by atoms with Gasteiger partial charge in [-0.1, -0.05) is 19.4 Å². The molecule has 1 aromatic carbocycles. The number of amides is 1. The van der Waals surface area contributed by atoms with Crippen LogP contribution >= 0.6 is 0 Å². The van der Waals surface area contributed by atoms with Gasteiger partial charge in [0, 0.05) is 43.0 Å². The van der Waals surface area contributed by atoms with E-state index in [4.69, 9.17) is 14.2 Å². The second kappa shape index (κ2) is 13.2. The molecule has 2 aliphatic rings. The minimum atomic E-state index is -0.893. The van der Waals surface area contributed by atoms with E-state index in [9.17, 15) is 14.7 Å². The largest absolute Gasteiger partial charge is 0.493 e. The van der Waals surface area contributed by atoms with E-state index >= 15 is 0 Å². The number of anilines is 1. The molecule has 0 aliphatic carbocycles. The molecule has 5 rings (SSSR count). The van der Waals surface area contributed by atoms with Crippen molar-refractivity contribution in [3.8, 4) is 17.2 Å². The van der Waals surface area contributed by atoms with Gasteiger partial charge in [0.1, 0.15) is 12.7 Å². The predicted molar refractivity (Wildman–Crippen MR) is 156 cm³/mol. The van der Waals surface area contributed by atoms with Crippen LogP contribution in [0.15, 0.2) is 61.1 Å². The number of fused-ring (bicyclic) bond motifs is 1. The Labute approximate surface area is 246 Å². The molecular formula is C32H39N4O6+.